The van der Waals surface area contributed by atoms with Crippen LogP contribution in [-0.4, -0.2) is 25.5 Å². The van der Waals surface area contributed by atoms with Gasteiger partial charge in [-0.05, 0) is 12.8 Å². The van der Waals surface area contributed by atoms with Gasteiger partial charge in [-0.2, -0.15) is 0 Å². The summed E-state index contributed by atoms with van der Waals surface area (Å²) in [5.74, 6) is 0.528. The molecule has 0 N–H and O–H groups in total. The molecule has 10 heavy (non-hydrogen) atoms. The fourth-order valence-corrected chi connectivity index (χ4v) is 0.651. The molecule has 1 unspecified atom stereocenters. The Labute approximate surface area is 62.8 Å². The molecule has 0 aromatic rings. The molecule has 0 rings (SSSR count). The predicted octanol–water partition coefficient (Wildman–Crippen LogP) is 1.46. The molecule has 62 valence electrons. The number of nitrogens with zero attached hydrogens (tertiary/aromatic N) is 1. The topological polar surface area (TPSA) is 21.7 Å². The van der Waals surface area contributed by atoms with E-state index in [1.165, 1.54) is 5.23 Å². The Morgan fingerprint density at radius 2 is 1.40 bits per heavy atom. The van der Waals surface area contributed by atoms with Crippen LogP contribution in [0.4, 0.5) is 0 Å². The van der Waals surface area contributed by atoms with E-state index in [0.29, 0.717) is 5.92 Å². The minimum Gasteiger partial charge on any atom is -0.277 e. The number of rotatable bonds is 4. The third kappa shape index (κ3) is 2.64. The monoisotopic (exact) mass is 147 g/mol. The van der Waals surface area contributed by atoms with Crippen molar-refractivity contribution in [3.63, 3.8) is 0 Å². The lowest BCUT2D eigenvalue weighted by Gasteiger charge is -2.26. The Kier molecular flexibility index (Phi) is 4.60. The normalized spacial score (nSPS) is 14.7. The van der Waals surface area contributed by atoms with E-state index in [0.717, 1.165) is 0 Å². The molecule has 0 saturated carbocycles. The Morgan fingerprint density at radius 1 is 1.00 bits per heavy atom. The van der Waals surface area contributed by atoms with Crippen molar-refractivity contribution in [2.24, 2.45) is 5.92 Å². The molecule has 1 atom stereocenters. The van der Waals surface area contributed by atoms with Crippen LogP contribution in [0.3, 0.4) is 0 Å². The number of hydroxylamine groups is 2. The first-order valence-electron chi connectivity index (χ1n) is 3.51. The predicted molar refractivity (Wildman–Crippen MR) is 40.2 cm³/mol. The maximum atomic E-state index is 4.93. The van der Waals surface area contributed by atoms with Crippen LogP contribution in [0, 0.1) is 5.92 Å². The van der Waals surface area contributed by atoms with Gasteiger partial charge in [0.1, 0.15) is 0 Å². The molecule has 0 bridgehead atoms. The minimum absolute atomic E-state index is 0.287. The molecule has 0 aliphatic rings. The molecule has 0 fully saturated rings. The van der Waals surface area contributed by atoms with Gasteiger partial charge in [-0.1, -0.05) is 19.1 Å². The summed E-state index contributed by atoms with van der Waals surface area (Å²) in [5.41, 5.74) is 0. The van der Waals surface area contributed by atoms with Gasteiger partial charge < -0.3 is 0 Å². The van der Waals surface area contributed by atoms with E-state index in [4.69, 9.17) is 9.68 Å². The van der Waals surface area contributed by atoms with Crippen molar-refractivity contribution in [3.8, 4) is 0 Å². The molecule has 0 spiro atoms. The number of hydrogen-bond acceptors (Lipinski definition) is 3. The van der Waals surface area contributed by atoms with Gasteiger partial charge in [0, 0.05) is 0 Å². The average molecular weight is 147 g/mol. The average Bonchev–Trinajstić information content (AvgIpc) is 1.90. The molecule has 0 aliphatic heterocycles. The molecule has 0 radical (unpaired) electrons. The Hall–Kier alpha value is -0.120. The third-order valence-corrected chi connectivity index (χ3v) is 1.66. The fourth-order valence-electron chi connectivity index (χ4n) is 0.651. The second kappa shape index (κ2) is 4.66. The summed E-state index contributed by atoms with van der Waals surface area (Å²) in [7, 11) is 3.20. The van der Waals surface area contributed by atoms with Gasteiger partial charge >= 0.3 is 0 Å². The van der Waals surface area contributed by atoms with E-state index >= 15 is 0 Å². The summed E-state index contributed by atoms with van der Waals surface area (Å²) in [6.07, 6.45) is 0. The van der Waals surface area contributed by atoms with Gasteiger partial charge in [-0.3, -0.25) is 9.68 Å². The first-order chi connectivity index (χ1) is 4.63. The molecular formula is C7H17NO2. The van der Waals surface area contributed by atoms with Crippen molar-refractivity contribution in [3.05, 3.63) is 0 Å². The Balaban J connectivity index is 3.76. The molecule has 0 saturated heterocycles. The van der Waals surface area contributed by atoms with Crippen molar-refractivity contribution in [2.45, 2.75) is 26.8 Å². The highest BCUT2D eigenvalue weighted by Crippen LogP contribution is 2.09. The number of hydrogen-bond donors (Lipinski definition) is 0. The summed E-state index contributed by atoms with van der Waals surface area (Å²) >= 11 is 0. The summed E-state index contributed by atoms with van der Waals surface area (Å²) in [5, 5.41) is 1.49. The van der Waals surface area contributed by atoms with Crippen LogP contribution in [0.15, 0.2) is 0 Å². The smallest absolute Gasteiger partial charge is 0.0622 e. The van der Waals surface area contributed by atoms with Gasteiger partial charge in [0.2, 0.25) is 0 Å². The fraction of sp³-hybridized carbons (Fsp3) is 1.00. The highest BCUT2D eigenvalue weighted by atomic mass is 16.9. The van der Waals surface area contributed by atoms with E-state index < -0.39 is 0 Å². The van der Waals surface area contributed by atoms with Crippen LogP contribution < -0.4 is 0 Å². The van der Waals surface area contributed by atoms with Crippen molar-refractivity contribution in [2.75, 3.05) is 14.2 Å². The molecule has 3 nitrogen and oxygen atoms in total. The zero-order chi connectivity index (χ0) is 8.15. The van der Waals surface area contributed by atoms with E-state index in [1.54, 1.807) is 14.2 Å². The van der Waals surface area contributed by atoms with Gasteiger partial charge in [-0.25, -0.2) is 0 Å². The van der Waals surface area contributed by atoms with Crippen LogP contribution >= 0.6 is 0 Å². The second-order valence-electron chi connectivity index (χ2n) is 2.64. The van der Waals surface area contributed by atoms with Crippen LogP contribution in [0.1, 0.15) is 20.8 Å². The maximum absolute atomic E-state index is 4.93. The lowest BCUT2D eigenvalue weighted by Crippen LogP contribution is -2.34. The first-order valence-corrected chi connectivity index (χ1v) is 3.51. The van der Waals surface area contributed by atoms with Crippen molar-refractivity contribution in [1.82, 2.24) is 5.23 Å². The Morgan fingerprint density at radius 3 is 1.50 bits per heavy atom. The summed E-state index contributed by atoms with van der Waals surface area (Å²) in [6, 6.07) is 0.287. The summed E-state index contributed by atoms with van der Waals surface area (Å²) < 4.78 is 0. The molecule has 0 aromatic heterocycles. The largest absolute Gasteiger partial charge is 0.277 e. The molecule has 0 heterocycles. The lowest BCUT2D eigenvalue weighted by atomic mass is 10.1. The zero-order valence-electron chi connectivity index (χ0n) is 7.42. The first kappa shape index (κ1) is 9.88. The van der Waals surface area contributed by atoms with E-state index in [-0.39, 0.29) is 6.04 Å². The van der Waals surface area contributed by atoms with Crippen LogP contribution in [0.2, 0.25) is 0 Å². The maximum Gasteiger partial charge on any atom is 0.0622 e. The molecule has 3 heteroatoms. The molecule has 0 aliphatic carbocycles. The molecule has 0 aromatic carbocycles. The highest BCUT2D eigenvalue weighted by Gasteiger charge is 2.15. The van der Waals surface area contributed by atoms with E-state index in [2.05, 4.69) is 20.8 Å². The minimum atomic E-state index is 0.287. The summed E-state index contributed by atoms with van der Waals surface area (Å²) in [4.78, 5) is 9.87. The lowest BCUT2D eigenvalue weighted by molar-refractivity contribution is -0.366. The standard InChI is InChI=1S/C7H17NO2/c1-6(2)7(3)8(9-4)10-5/h6-7H,1-5H3. The third-order valence-electron chi connectivity index (χ3n) is 1.66. The van der Waals surface area contributed by atoms with Crippen LogP contribution in [-0.2, 0) is 9.68 Å². The van der Waals surface area contributed by atoms with Gasteiger partial charge in [0.15, 0.2) is 0 Å². The summed E-state index contributed by atoms with van der Waals surface area (Å²) in [6.45, 7) is 6.29. The molecule has 0 amide bonds. The molecular weight excluding hydrogens is 130 g/mol. The van der Waals surface area contributed by atoms with Gasteiger partial charge in [0.25, 0.3) is 0 Å². The van der Waals surface area contributed by atoms with Gasteiger partial charge in [-0.15, -0.1) is 0 Å². The van der Waals surface area contributed by atoms with Crippen LogP contribution in [0.5, 0.6) is 0 Å². The van der Waals surface area contributed by atoms with E-state index in [9.17, 15) is 0 Å². The van der Waals surface area contributed by atoms with Crippen LogP contribution in [0.25, 0.3) is 0 Å². The van der Waals surface area contributed by atoms with Crippen molar-refractivity contribution in [1.29, 1.82) is 0 Å². The van der Waals surface area contributed by atoms with Gasteiger partial charge in [0.05, 0.1) is 20.3 Å². The highest BCUT2D eigenvalue weighted by molar-refractivity contribution is 4.57. The zero-order valence-corrected chi connectivity index (χ0v) is 7.42. The Bertz CT molecular complexity index is 81.7. The van der Waals surface area contributed by atoms with Crippen molar-refractivity contribution >= 4 is 0 Å². The van der Waals surface area contributed by atoms with Crippen molar-refractivity contribution < 1.29 is 9.68 Å². The SMILES string of the molecule is CON(OC)C(C)C(C)C. The second-order valence-corrected chi connectivity index (χ2v) is 2.64. The van der Waals surface area contributed by atoms with E-state index in [1.807, 2.05) is 0 Å². The quantitative estimate of drug-likeness (QED) is 0.562.